The number of nitrogens with zero attached hydrogens (tertiary/aromatic N) is 2. The highest BCUT2D eigenvalue weighted by Crippen LogP contribution is 2.10. The SMILES string of the molecule is CCc1nc(CCNC(=O)N[C@H](C)C(=O)N(C)C)cs1. The van der Waals surface area contributed by atoms with Gasteiger partial charge in [-0.05, 0) is 13.3 Å². The van der Waals surface area contributed by atoms with Crippen molar-refractivity contribution in [2.45, 2.75) is 32.7 Å². The van der Waals surface area contributed by atoms with Crippen LogP contribution in [0, 0.1) is 0 Å². The number of aromatic nitrogens is 1. The van der Waals surface area contributed by atoms with E-state index in [1.54, 1.807) is 32.4 Å². The van der Waals surface area contributed by atoms with Gasteiger partial charge in [0.25, 0.3) is 0 Å². The quantitative estimate of drug-likeness (QED) is 0.823. The number of nitrogens with one attached hydrogen (secondary N) is 2. The lowest BCUT2D eigenvalue weighted by Gasteiger charge is -2.18. The second-order valence-electron chi connectivity index (χ2n) is 4.69. The summed E-state index contributed by atoms with van der Waals surface area (Å²) in [5.41, 5.74) is 0.990. The number of amides is 3. The average Bonchev–Trinajstić information content (AvgIpc) is 2.85. The van der Waals surface area contributed by atoms with Crippen LogP contribution in [0.25, 0.3) is 0 Å². The summed E-state index contributed by atoms with van der Waals surface area (Å²) < 4.78 is 0. The molecule has 1 aromatic heterocycles. The van der Waals surface area contributed by atoms with E-state index >= 15 is 0 Å². The van der Waals surface area contributed by atoms with Gasteiger partial charge in [0.05, 0.1) is 10.7 Å². The Bertz CT molecular complexity index is 459. The Morgan fingerprint density at radius 3 is 2.70 bits per heavy atom. The molecule has 0 radical (unpaired) electrons. The minimum Gasteiger partial charge on any atom is -0.347 e. The van der Waals surface area contributed by atoms with E-state index in [1.165, 1.54) is 4.90 Å². The number of aryl methyl sites for hydroxylation is 1. The Morgan fingerprint density at radius 1 is 1.45 bits per heavy atom. The molecule has 6 nitrogen and oxygen atoms in total. The van der Waals surface area contributed by atoms with E-state index in [2.05, 4.69) is 22.5 Å². The Labute approximate surface area is 123 Å². The maximum absolute atomic E-state index is 11.6. The zero-order chi connectivity index (χ0) is 15.1. The molecular formula is C13H22N4O2S. The van der Waals surface area contributed by atoms with Gasteiger partial charge in [0.15, 0.2) is 0 Å². The van der Waals surface area contributed by atoms with E-state index in [0.717, 1.165) is 17.1 Å². The molecule has 0 spiro atoms. The summed E-state index contributed by atoms with van der Waals surface area (Å²) in [6.07, 6.45) is 1.63. The normalized spacial score (nSPS) is 11.8. The van der Waals surface area contributed by atoms with Crippen LogP contribution in [0.2, 0.25) is 0 Å². The standard InChI is InChI=1S/C13H22N4O2S/c1-5-11-16-10(8-20-11)6-7-14-13(19)15-9(2)12(18)17(3)4/h8-9H,5-7H2,1-4H3,(H2,14,15,19)/t9-/m1/s1. The van der Waals surface area contributed by atoms with Crippen LogP contribution in [-0.4, -0.2) is 48.5 Å². The van der Waals surface area contributed by atoms with Gasteiger partial charge in [-0.15, -0.1) is 11.3 Å². The maximum Gasteiger partial charge on any atom is 0.315 e. The fourth-order valence-corrected chi connectivity index (χ4v) is 2.41. The van der Waals surface area contributed by atoms with E-state index in [4.69, 9.17) is 0 Å². The van der Waals surface area contributed by atoms with Gasteiger partial charge in [-0.25, -0.2) is 9.78 Å². The molecule has 0 fully saturated rings. The van der Waals surface area contributed by atoms with Crippen LogP contribution >= 0.6 is 11.3 Å². The van der Waals surface area contributed by atoms with Gasteiger partial charge >= 0.3 is 6.03 Å². The third-order valence-electron chi connectivity index (χ3n) is 2.73. The fraction of sp³-hybridized carbons (Fsp3) is 0.615. The van der Waals surface area contributed by atoms with Crippen LogP contribution in [0.5, 0.6) is 0 Å². The lowest BCUT2D eigenvalue weighted by Crippen LogP contribution is -2.48. The van der Waals surface area contributed by atoms with Crippen molar-refractivity contribution in [3.8, 4) is 0 Å². The predicted molar refractivity (Wildman–Crippen MR) is 79.9 cm³/mol. The van der Waals surface area contributed by atoms with Gasteiger partial charge in [-0.3, -0.25) is 4.79 Å². The molecule has 0 saturated heterocycles. The number of hydrogen-bond acceptors (Lipinski definition) is 4. The van der Waals surface area contributed by atoms with E-state index in [-0.39, 0.29) is 11.9 Å². The van der Waals surface area contributed by atoms with Gasteiger partial charge in [0.2, 0.25) is 5.91 Å². The average molecular weight is 298 g/mol. The summed E-state index contributed by atoms with van der Waals surface area (Å²) in [6.45, 7) is 4.23. The monoisotopic (exact) mass is 298 g/mol. The van der Waals surface area contributed by atoms with Crippen LogP contribution in [0.4, 0.5) is 4.79 Å². The molecule has 0 saturated carbocycles. The highest BCUT2D eigenvalue weighted by Gasteiger charge is 2.16. The molecule has 7 heteroatoms. The zero-order valence-electron chi connectivity index (χ0n) is 12.4. The third kappa shape index (κ3) is 5.16. The summed E-state index contributed by atoms with van der Waals surface area (Å²) in [7, 11) is 3.32. The van der Waals surface area contributed by atoms with Crippen molar-refractivity contribution in [1.82, 2.24) is 20.5 Å². The largest absolute Gasteiger partial charge is 0.347 e. The molecule has 3 amide bonds. The molecule has 0 unspecified atom stereocenters. The number of thiazole rings is 1. The van der Waals surface area contributed by atoms with E-state index < -0.39 is 6.04 Å². The summed E-state index contributed by atoms with van der Waals surface area (Å²) in [4.78, 5) is 29.1. The Kier molecular flexibility index (Phi) is 6.44. The number of urea groups is 1. The molecule has 20 heavy (non-hydrogen) atoms. The first-order chi connectivity index (χ1) is 9.43. The highest BCUT2D eigenvalue weighted by molar-refractivity contribution is 7.09. The van der Waals surface area contributed by atoms with Crippen LogP contribution in [0.3, 0.4) is 0 Å². The van der Waals surface area contributed by atoms with Gasteiger partial charge in [0, 0.05) is 32.4 Å². The molecule has 0 aromatic carbocycles. The Morgan fingerprint density at radius 2 is 2.15 bits per heavy atom. The predicted octanol–water partition coefficient (Wildman–Crippen LogP) is 1.02. The lowest BCUT2D eigenvalue weighted by atomic mass is 10.3. The minimum absolute atomic E-state index is 0.132. The van der Waals surface area contributed by atoms with E-state index in [1.807, 2.05) is 5.38 Å². The van der Waals surface area contributed by atoms with Crippen molar-refractivity contribution in [2.75, 3.05) is 20.6 Å². The second kappa shape index (κ2) is 7.84. The first-order valence-electron chi connectivity index (χ1n) is 6.62. The van der Waals surface area contributed by atoms with Crippen LogP contribution in [0.1, 0.15) is 24.5 Å². The second-order valence-corrected chi connectivity index (χ2v) is 5.63. The summed E-state index contributed by atoms with van der Waals surface area (Å²) in [5.74, 6) is -0.132. The van der Waals surface area contributed by atoms with E-state index in [0.29, 0.717) is 13.0 Å². The molecule has 1 heterocycles. The summed E-state index contributed by atoms with van der Waals surface area (Å²) in [5, 5.41) is 8.45. The minimum atomic E-state index is -0.532. The molecule has 1 rings (SSSR count). The van der Waals surface area contributed by atoms with Crippen molar-refractivity contribution in [2.24, 2.45) is 0 Å². The van der Waals surface area contributed by atoms with Crippen molar-refractivity contribution in [1.29, 1.82) is 0 Å². The molecule has 1 atom stereocenters. The molecule has 0 aliphatic rings. The fourth-order valence-electron chi connectivity index (χ4n) is 1.63. The van der Waals surface area contributed by atoms with Crippen LogP contribution in [0.15, 0.2) is 5.38 Å². The molecule has 0 aliphatic heterocycles. The smallest absolute Gasteiger partial charge is 0.315 e. The van der Waals surface area contributed by atoms with E-state index in [9.17, 15) is 9.59 Å². The van der Waals surface area contributed by atoms with Crippen molar-refractivity contribution >= 4 is 23.3 Å². The summed E-state index contributed by atoms with van der Waals surface area (Å²) in [6, 6.07) is -0.866. The summed E-state index contributed by atoms with van der Waals surface area (Å²) >= 11 is 1.64. The molecular weight excluding hydrogens is 276 g/mol. The van der Waals surface area contributed by atoms with Crippen molar-refractivity contribution < 1.29 is 9.59 Å². The number of hydrogen-bond donors (Lipinski definition) is 2. The number of carbonyl (C=O) groups is 2. The van der Waals surface area contributed by atoms with Gasteiger partial charge in [-0.1, -0.05) is 6.92 Å². The van der Waals surface area contributed by atoms with Crippen LogP contribution in [-0.2, 0) is 17.6 Å². The molecule has 112 valence electrons. The van der Waals surface area contributed by atoms with Gasteiger partial charge < -0.3 is 15.5 Å². The maximum atomic E-state index is 11.6. The van der Waals surface area contributed by atoms with Gasteiger partial charge in [-0.2, -0.15) is 0 Å². The van der Waals surface area contributed by atoms with Gasteiger partial charge in [0.1, 0.15) is 6.04 Å². The first kappa shape index (κ1) is 16.4. The number of rotatable bonds is 6. The lowest BCUT2D eigenvalue weighted by molar-refractivity contribution is -0.130. The van der Waals surface area contributed by atoms with Crippen molar-refractivity contribution in [3.05, 3.63) is 16.1 Å². The molecule has 1 aromatic rings. The van der Waals surface area contributed by atoms with Crippen LogP contribution < -0.4 is 10.6 Å². The Hall–Kier alpha value is -1.63. The molecule has 2 N–H and O–H groups in total. The number of carbonyl (C=O) groups excluding carboxylic acids is 2. The first-order valence-corrected chi connectivity index (χ1v) is 7.50. The third-order valence-corrected chi connectivity index (χ3v) is 3.77. The zero-order valence-corrected chi connectivity index (χ0v) is 13.2. The van der Waals surface area contributed by atoms with Crippen molar-refractivity contribution in [3.63, 3.8) is 0 Å². The highest BCUT2D eigenvalue weighted by atomic mass is 32.1. The Balaban J connectivity index is 2.28. The molecule has 0 aliphatic carbocycles. The number of likely N-dealkylation sites (N-methyl/N-ethyl adjacent to an activating group) is 1. The topological polar surface area (TPSA) is 74.3 Å². The molecule has 0 bridgehead atoms.